The Morgan fingerprint density at radius 1 is 1.31 bits per heavy atom. The zero-order chi connectivity index (χ0) is 10.3. The Bertz CT molecular complexity index is 176. The van der Waals surface area contributed by atoms with Gasteiger partial charge in [-0.3, -0.25) is 4.79 Å². The summed E-state index contributed by atoms with van der Waals surface area (Å²) in [5.41, 5.74) is 4.99. The molecule has 0 aliphatic carbocycles. The normalized spacial score (nSPS) is 14.9. The number of nitrogens with two attached hydrogens (primary N) is 1. The fourth-order valence-electron chi connectivity index (χ4n) is 0.914. The van der Waals surface area contributed by atoms with Crippen LogP contribution in [0, 0.1) is 0 Å². The summed E-state index contributed by atoms with van der Waals surface area (Å²) in [6.45, 7) is 0. The molecule has 0 bridgehead atoms. The van der Waals surface area contributed by atoms with E-state index in [1.165, 1.54) is 0 Å². The van der Waals surface area contributed by atoms with Gasteiger partial charge in [-0.1, -0.05) is 0 Å². The van der Waals surface area contributed by atoms with Gasteiger partial charge in [-0.25, -0.2) is 0 Å². The summed E-state index contributed by atoms with van der Waals surface area (Å²) in [6, 6.07) is 0. The molecular formula is C8H15NO2S2. The van der Waals surface area contributed by atoms with Crippen LogP contribution in [0.25, 0.3) is 0 Å². The molecule has 0 fully saturated rings. The predicted molar refractivity (Wildman–Crippen MR) is 59.3 cm³/mol. The minimum absolute atomic E-state index is 0.0239. The number of aldehydes is 1. The smallest absolute Gasteiger partial charge is 0.217 e. The quantitative estimate of drug-likeness (QED) is 0.440. The summed E-state index contributed by atoms with van der Waals surface area (Å²) in [6.07, 6.45) is 2.98. The van der Waals surface area contributed by atoms with Crippen molar-refractivity contribution >= 4 is 37.5 Å². The van der Waals surface area contributed by atoms with E-state index < -0.39 is 0 Å². The SMILES string of the molecule is NC(=O)CCC(S)C(S)CCC=O. The van der Waals surface area contributed by atoms with Crippen molar-refractivity contribution in [1.82, 2.24) is 0 Å². The lowest BCUT2D eigenvalue weighted by atomic mass is 10.1. The van der Waals surface area contributed by atoms with E-state index in [4.69, 9.17) is 5.73 Å². The number of hydrogen-bond donors (Lipinski definition) is 3. The average Bonchev–Trinajstić information content (AvgIpc) is 2.10. The lowest BCUT2D eigenvalue weighted by Gasteiger charge is -2.16. The standard InChI is InChI=1S/C8H15NO2S2/c9-8(11)4-3-7(13)6(12)2-1-5-10/h5-7,12-13H,1-4H2,(H2,9,11). The number of rotatable bonds is 7. The molecule has 0 aliphatic rings. The zero-order valence-corrected chi connectivity index (χ0v) is 9.14. The summed E-state index contributed by atoms with van der Waals surface area (Å²) in [5, 5.41) is 0.0728. The molecule has 0 aromatic rings. The molecule has 2 unspecified atom stereocenters. The van der Waals surface area contributed by atoms with Crippen LogP contribution in [-0.4, -0.2) is 22.7 Å². The molecule has 0 radical (unpaired) electrons. The van der Waals surface area contributed by atoms with Gasteiger partial charge in [0.15, 0.2) is 0 Å². The number of amides is 1. The highest BCUT2D eigenvalue weighted by Crippen LogP contribution is 2.18. The predicted octanol–water partition coefficient (Wildman–Crippen LogP) is 0.828. The summed E-state index contributed by atoms with van der Waals surface area (Å²) in [4.78, 5) is 20.5. The molecule has 13 heavy (non-hydrogen) atoms. The fraction of sp³-hybridized carbons (Fsp3) is 0.750. The number of hydrogen-bond acceptors (Lipinski definition) is 4. The maximum absolute atomic E-state index is 10.4. The van der Waals surface area contributed by atoms with E-state index in [0.29, 0.717) is 25.7 Å². The minimum atomic E-state index is -0.324. The van der Waals surface area contributed by atoms with Gasteiger partial charge in [0.2, 0.25) is 5.91 Å². The van der Waals surface area contributed by atoms with Gasteiger partial charge in [0.1, 0.15) is 6.29 Å². The van der Waals surface area contributed by atoms with Crippen molar-refractivity contribution in [2.24, 2.45) is 5.73 Å². The first kappa shape index (κ1) is 12.8. The molecule has 76 valence electrons. The molecule has 5 heteroatoms. The Morgan fingerprint density at radius 2 is 1.85 bits per heavy atom. The molecule has 3 nitrogen and oxygen atoms in total. The van der Waals surface area contributed by atoms with E-state index in [-0.39, 0.29) is 16.4 Å². The Labute approximate surface area is 89.3 Å². The summed E-state index contributed by atoms with van der Waals surface area (Å²) < 4.78 is 0. The van der Waals surface area contributed by atoms with Gasteiger partial charge < -0.3 is 10.5 Å². The van der Waals surface area contributed by atoms with E-state index >= 15 is 0 Å². The van der Waals surface area contributed by atoms with E-state index in [1.54, 1.807) is 0 Å². The lowest BCUT2D eigenvalue weighted by molar-refractivity contribution is -0.118. The summed E-state index contributed by atoms with van der Waals surface area (Å²) in [7, 11) is 0. The second-order valence-electron chi connectivity index (χ2n) is 2.88. The van der Waals surface area contributed by atoms with Crippen molar-refractivity contribution in [2.75, 3.05) is 0 Å². The number of primary amides is 1. The molecule has 0 saturated heterocycles. The molecule has 0 spiro atoms. The number of carbonyl (C=O) groups excluding carboxylic acids is 2. The van der Waals surface area contributed by atoms with Gasteiger partial charge in [0, 0.05) is 23.3 Å². The lowest BCUT2D eigenvalue weighted by Crippen LogP contribution is -2.19. The van der Waals surface area contributed by atoms with Crippen molar-refractivity contribution in [3.63, 3.8) is 0 Å². The van der Waals surface area contributed by atoms with E-state index in [1.807, 2.05) is 0 Å². The highest BCUT2D eigenvalue weighted by atomic mass is 32.1. The third-order valence-electron chi connectivity index (χ3n) is 1.71. The Balaban J connectivity index is 3.61. The van der Waals surface area contributed by atoms with Gasteiger partial charge in [-0.2, -0.15) is 25.3 Å². The van der Waals surface area contributed by atoms with E-state index in [9.17, 15) is 9.59 Å². The molecule has 0 aromatic heterocycles. The van der Waals surface area contributed by atoms with Crippen molar-refractivity contribution in [2.45, 2.75) is 36.2 Å². The van der Waals surface area contributed by atoms with Crippen LogP contribution in [0.15, 0.2) is 0 Å². The Morgan fingerprint density at radius 3 is 2.31 bits per heavy atom. The van der Waals surface area contributed by atoms with Gasteiger partial charge in [0.05, 0.1) is 0 Å². The second-order valence-corrected chi connectivity index (χ2v) is 4.21. The Hall–Kier alpha value is -0.160. The summed E-state index contributed by atoms with van der Waals surface area (Å²) >= 11 is 8.55. The van der Waals surface area contributed by atoms with Crippen molar-refractivity contribution in [3.8, 4) is 0 Å². The van der Waals surface area contributed by atoms with Crippen LogP contribution in [0.5, 0.6) is 0 Å². The highest BCUT2D eigenvalue weighted by Gasteiger charge is 2.14. The van der Waals surface area contributed by atoms with Gasteiger partial charge >= 0.3 is 0 Å². The molecule has 0 heterocycles. The third kappa shape index (κ3) is 6.95. The molecule has 0 rings (SSSR count). The number of carbonyl (C=O) groups is 2. The van der Waals surface area contributed by atoms with Crippen LogP contribution >= 0.6 is 25.3 Å². The first-order chi connectivity index (χ1) is 6.07. The number of thiol groups is 2. The molecule has 2 N–H and O–H groups in total. The van der Waals surface area contributed by atoms with Gasteiger partial charge in [0.25, 0.3) is 0 Å². The molecule has 0 aromatic carbocycles. The van der Waals surface area contributed by atoms with Crippen LogP contribution < -0.4 is 5.73 Å². The minimum Gasteiger partial charge on any atom is -0.370 e. The molecule has 2 atom stereocenters. The van der Waals surface area contributed by atoms with Crippen LogP contribution in [-0.2, 0) is 9.59 Å². The Kier molecular flexibility index (Phi) is 7.17. The maximum Gasteiger partial charge on any atom is 0.217 e. The van der Waals surface area contributed by atoms with Gasteiger partial charge in [-0.05, 0) is 12.8 Å². The highest BCUT2D eigenvalue weighted by molar-refractivity contribution is 7.85. The van der Waals surface area contributed by atoms with Crippen LogP contribution in [0.2, 0.25) is 0 Å². The van der Waals surface area contributed by atoms with Crippen LogP contribution in [0.3, 0.4) is 0 Å². The largest absolute Gasteiger partial charge is 0.370 e. The molecular weight excluding hydrogens is 206 g/mol. The van der Waals surface area contributed by atoms with Crippen molar-refractivity contribution < 1.29 is 9.59 Å². The molecule has 1 amide bonds. The maximum atomic E-state index is 10.4. The first-order valence-electron chi connectivity index (χ1n) is 4.16. The van der Waals surface area contributed by atoms with Crippen molar-refractivity contribution in [1.29, 1.82) is 0 Å². The molecule has 0 saturated carbocycles. The monoisotopic (exact) mass is 221 g/mol. The van der Waals surface area contributed by atoms with Gasteiger partial charge in [-0.15, -0.1) is 0 Å². The average molecular weight is 221 g/mol. The van der Waals surface area contributed by atoms with Crippen LogP contribution in [0.1, 0.15) is 25.7 Å². The third-order valence-corrected chi connectivity index (χ3v) is 3.18. The first-order valence-corrected chi connectivity index (χ1v) is 5.19. The van der Waals surface area contributed by atoms with E-state index in [2.05, 4.69) is 25.3 Å². The van der Waals surface area contributed by atoms with E-state index in [0.717, 1.165) is 6.29 Å². The molecule has 0 aliphatic heterocycles. The zero-order valence-electron chi connectivity index (χ0n) is 7.35. The second kappa shape index (κ2) is 7.26. The fourth-order valence-corrected chi connectivity index (χ4v) is 1.49. The van der Waals surface area contributed by atoms with Crippen LogP contribution in [0.4, 0.5) is 0 Å². The summed E-state index contributed by atoms with van der Waals surface area (Å²) in [5.74, 6) is -0.324. The topological polar surface area (TPSA) is 60.2 Å². The van der Waals surface area contributed by atoms with Crippen molar-refractivity contribution in [3.05, 3.63) is 0 Å².